The molecule has 30 heavy (non-hydrogen) atoms. The molecule has 162 valence electrons. The molecule has 0 unspecified atom stereocenters. The van der Waals surface area contributed by atoms with Crippen molar-refractivity contribution in [3.05, 3.63) is 65.5 Å². The van der Waals surface area contributed by atoms with Gasteiger partial charge in [-0.1, -0.05) is 25.5 Å². The van der Waals surface area contributed by atoms with Crippen LogP contribution in [-0.2, 0) is 26.1 Å². The van der Waals surface area contributed by atoms with Gasteiger partial charge in [-0.2, -0.15) is 4.31 Å². The second kappa shape index (κ2) is 10.8. The highest BCUT2D eigenvalue weighted by atomic mass is 32.2. The van der Waals surface area contributed by atoms with E-state index in [-0.39, 0.29) is 6.54 Å². The standard InChI is InChI=1S/C21H25FN2O5S/c1-3-4-13-29-21(26)17-7-11-19(12-8-17)23-20(25)15-24(30(2,27)28)14-16-5-9-18(22)10-6-16/h5-12H,3-4,13-15H2,1-2H3,(H,23,25). The predicted octanol–water partition coefficient (Wildman–Crippen LogP) is 3.18. The van der Waals surface area contributed by atoms with Gasteiger partial charge in [0.15, 0.2) is 0 Å². The number of carbonyl (C=O) groups is 2. The number of halogens is 1. The van der Waals surface area contributed by atoms with Crippen molar-refractivity contribution in [2.24, 2.45) is 0 Å². The van der Waals surface area contributed by atoms with Gasteiger partial charge in [0.1, 0.15) is 5.82 Å². The normalized spacial score (nSPS) is 11.3. The summed E-state index contributed by atoms with van der Waals surface area (Å²) in [5, 5.41) is 2.60. The molecule has 2 aromatic rings. The van der Waals surface area contributed by atoms with Crippen LogP contribution >= 0.6 is 0 Å². The molecule has 2 rings (SSSR count). The third-order valence-corrected chi connectivity index (χ3v) is 5.39. The Morgan fingerprint density at radius 3 is 2.27 bits per heavy atom. The second-order valence-electron chi connectivity index (χ2n) is 6.77. The van der Waals surface area contributed by atoms with Crippen molar-refractivity contribution in [1.82, 2.24) is 4.31 Å². The van der Waals surface area contributed by atoms with Crippen molar-refractivity contribution in [2.45, 2.75) is 26.3 Å². The van der Waals surface area contributed by atoms with Crippen LogP contribution in [0.15, 0.2) is 48.5 Å². The minimum Gasteiger partial charge on any atom is -0.462 e. The Labute approximate surface area is 175 Å². The first-order chi connectivity index (χ1) is 14.2. The van der Waals surface area contributed by atoms with Gasteiger partial charge in [0.05, 0.1) is 25.0 Å². The molecule has 0 saturated carbocycles. The van der Waals surface area contributed by atoms with Crippen LogP contribution in [0.5, 0.6) is 0 Å². The number of unbranched alkanes of at least 4 members (excludes halogenated alkanes) is 1. The van der Waals surface area contributed by atoms with E-state index in [1.54, 1.807) is 12.1 Å². The predicted molar refractivity (Wildman–Crippen MR) is 112 cm³/mol. The number of anilines is 1. The quantitative estimate of drug-likeness (QED) is 0.456. The highest BCUT2D eigenvalue weighted by Gasteiger charge is 2.21. The van der Waals surface area contributed by atoms with E-state index in [4.69, 9.17) is 4.74 Å². The van der Waals surface area contributed by atoms with Crippen molar-refractivity contribution in [3.8, 4) is 0 Å². The molecular weight excluding hydrogens is 411 g/mol. The number of ether oxygens (including phenoxy) is 1. The summed E-state index contributed by atoms with van der Waals surface area (Å²) in [4.78, 5) is 24.2. The van der Waals surface area contributed by atoms with Crippen molar-refractivity contribution < 1.29 is 27.1 Å². The number of nitrogens with zero attached hydrogens (tertiary/aromatic N) is 1. The summed E-state index contributed by atoms with van der Waals surface area (Å²) < 4.78 is 43.2. The third kappa shape index (κ3) is 7.57. The lowest BCUT2D eigenvalue weighted by Gasteiger charge is -2.19. The first-order valence-corrected chi connectivity index (χ1v) is 11.3. The molecule has 0 heterocycles. The van der Waals surface area contributed by atoms with Crippen molar-refractivity contribution in [1.29, 1.82) is 0 Å². The molecule has 9 heteroatoms. The van der Waals surface area contributed by atoms with Crippen molar-refractivity contribution >= 4 is 27.6 Å². The van der Waals surface area contributed by atoms with Crippen molar-refractivity contribution in [2.75, 3.05) is 24.7 Å². The molecule has 0 aromatic heterocycles. The Hall–Kier alpha value is -2.78. The molecule has 1 N–H and O–H groups in total. The highest BCUT2D eigenvalue weighted by molar-refractivity contribution is 7.88. The molecule has 0 aliphatic carbocycles. The number of hydrogen-bond donors (Lipinski definition) is 1. The Morgan fingerprint density at radius 2 is 1.70 bits per heavy atom. The summed E-state index contributed by atoms with van der Waals surface area (Å²) in [6.07, 6.45) is 2.71. The van der Waals surface area contributed by atoms with Crippen LogP contribution in [0.2, 0.25) is 0 Å². The van der Waals surface area contributed by atoms with Crippen molar-refractivity contribution in [3.63, 3.8) is 0 Å². The molecule has 2 aromatic carbocycles. The largest absolute Gasteiger partial charge is 0.462 e. The van der Waals surface area contributed by atoms with Crippen LogP contribution in [0.3, 0.4) is 0 Å². The third-order valence-electron chi connectivity index (χ3n) is 4.20. The number of rotatable bonds is 10. The van der Waals surface area contributed by atoms with E-state index in [1.165, 1.54) is 36.4 Å². The van der Waals surface area contributed by atoms with Gasteiger partial charge in [-0.05, 0) is 48.4 Å². The highest BCUT2D eigenvalue weighted by Crippen LogP contribution is 2.13. The zero-order valence-corrected chi connectivity index (χ0v) is 17.7. The van der Waals surface area contributed by atoms with E-state index in [2.05, 4.69) is 5.32 Å². The maximum Gasteiger partial charge on any atom is 0.338 e. The smallest absolute Gasteiger partial charge is 0.338 e. The average molecular weight is 437 g/mol. The fraction of sp³-hybridized carbons (Fsp3) is 0.333. The molecular formula is C21H25FN2O5S. The minimum atomic E-state index is -3.67. The average Bonchev–Trinajstić information content (AvgIpc) is 2.69. The summed E-state index contributed by atoms with van der Waals surface area (Å²) in [5.41, 5.74) is 1.33. The van der Waals surface area contributed by atoms with Crippen LogP contribution < -0.4 is 5.32 Å². The molecule has 0 bridgehead atoms. The van der Waals surface area contributed by atoms with Gasteiger partial charge in [-0.15, -0.1) is 0 Å². The van der Waals surface area contributed by atoms with Gasteiger partial charge in [-0.25, -0.2) is 17.6 Å². The lowest BCUT2D eigenvalue weighted by molar-refractivity contribution is -0.116. The van der Waals surface area contributed by atoms with E-state index in [0.717, 1.165) is 23.4 Å². The molecule has 0 atom stereocenters. The second-order valence-corrected chi connectivity index (χ2v) is 8.75. The zero-order valence-electron chi connectivity index (χ0n) is 16.9. The Morgan fingerprint density at radius 1 is 1.07 bits per heavy atom. The van der Waals surface area contributed by atoms with Gasteiger partial charge < -0.3 is 10.1 Å². The van der Waals surface area contributed by atoms with Gasteiger partial charge in [0.2, 0.25) is 15.9 Å². The molecule has 0 spiro atoms. The van der Waals surface area contributed by atoms with Crippen LogP contribution in [0, 0.1) is 5.82 Å². The van der Waals surface area contributed by atoms with E-state index >= 15 is 0 Å². The summed E-state index contributed by atoms with van der Waals surface area (Å²) in [5.74, 6) is -1.41. The SMILES string of the molecule is CCCCOC(=O)c1ccc(NC(=O)CN(Cc2ccc(F)cc2)S(C)(=O)=O)cc1. The maximum atomic E-state index is 13.0. The number of benzene rings is 2. The van der Waals surface area contributed by atoms with Gasteiger partial charge in [-0.3, -0.25) is 4.79 Å². The van der Waals surface area contributed by atoms with Crippen LogP contribution in [0.1, 0.15) is 35.7 Å². The molecule has 1 amide bonds. The number of esters is 1. The summed E-state index contributed by atoms with van der Waals surface area (Å²) >= 11 is 0. The Bertz CT molecular complexity index is 960. The number of amides is 1. The Balaban J connectivity index is 1.97. The molecule has 0 aliphatic rings. The topological polar surface area (TPSA) is 92.8 Å². The van der Waals surface area contributed by atoms with E-state index in [0.29, 0.717) is 23.4 Å². The summed E-state index contributed by atoms with van der Waals surface area (Å²) in [7, 11) is -3.67. The number of nitrogens with one attached hydrogen (secondary N) is 1. The first-order valence-electron chi connectivity index (χ1n) is 9.45. The number of hydrogen-bond acceptors (Lipinski definition) is 5. The maximum absolute atomic E-state index is 13.0. The molecule has 7 nitrogen and oxygen atoms in total. The monoisotopic (exact) mass is 436 g/mol. The van der Waals surface area contributed by atoms with E-state index < -0.39 is 34.3 Å². The van der Waals surface area contributed by atoms with Gasteiger partial charge in [0.25, 0.3) is 0 Å². The summed E-state index contributed by atoms with van der Waals surface area (Å²) in [6.45, 7) is 1.88. The lowest BCUT2D eigenvalue weighted by Crippen LogP contribution is -2.36. The lowest BCUT2D eigenvalue weighted by atomic mass is 10.2. The molecule has 0 aliphatic heterocycles. The number of sulfonamides is 1. The van der Waals surface area contributed by atoms with Crippen LogP contribution in [-0.4, -0.2) is 44.0 Å². The zero-order chi connectivity index (χ0) is 22.1. The fourth-order valence-electron chi connectivity index (χ4n) is 2.53. The molecule has 0 saturated heterocycles. The Kier molecular flexibility index (Phi) is 8.49. The van der Waals surface area contributed by atoms with Gasteiger partial charge >= 0.3 is 5.97 Å². The van der Waals surface area contributed by atoms with Crippen LogP contribution in [0.25, 0.3) is 0 Å². The fourth-order valence-corrected chi connectivity index (χ4v) is 3.26. The van der Waals surface area contributed by atoms with E-state index in [9.17, 15) is 22.4 Å². The minimum absolute atomic E-state index is 0.0604. The molecule has 0 radical (unpaired) electrons. The number of carbonyl (C=O) groups excluding carboxylic acids is 2. The summed E-state index contributed by atoms with van der Waals surface area (Å²) in [6, 6.07) is 11.5. The van der Waals surface area contributed by atoms with E-state index in [1.807, 2.05) is 6.92 Å². The molecule has 0 fully saturated rings. The van der Waals surface area contributed by atoms with Gasteiger partial charge in [0, 0.05) is 12.2 Å². The van der Waals surface area contributed by atoms with Crippen LogP contribution in [0.4, 0.5) is 10.1 Å². The first kappa shape index (κ1) is 23.5.